The number of ketones is 1. The summed E-state index contributed by atoms with van der Waals surface area (Å²) in [5.74, 6) is 1.14. The van der Waals surface area contributed by atoms with Crippen LogP contribution in [-0.4, -0.2) is 37.7 Å². The molecule has 176 valence electrons. The number of ether oxygens (including phenoxy) is 4. The SMILES string of the molecule is COc1ccc(CCC2(C3CCCC3)CC(=O)C(Oc3ccc(Cl)cc3)C(=O)O2)c(OC)c1. The number of carbonyl (C=O) groups excluding carboxylic acids is 2. The van der Waals surface area contributed by atoms with Crippen molar-refractivity contribution in [3.8, 4) is 17.2 Å². The molecule has 0 radical (unpaired) electrons. The standard InChI is InChI=1S/C26H29ClO6/c1-30-21-10-7-17(23(15-21)31-2)13-14-26(18-5-3-4-6-18)16-22(28)24(25(29)33-26)32-20-11-8-19(27)9-12-20/h7-12,15,18,24H,3-6,13-14,16H2,1-2H3. The molecule has 2 unspecified atom stereocenters. The molecule has 1 aliphatic carbocycles. The van der Waals surface area contributed by atoms with Gasteiger partial charge in [-0.25, -0.2) is 4.79 Å². The van der Waals surface area contributed by atoms with Crippen LogP contribution in [0.2, 0.25) is 5.02 Å². The number of halogens is 1. The summed E-state index contributed by atoms with van der Waals surface area (Å²) in [5.41, 5.74) is 0.161. The average Bonchev–Trinajstić information content (AvgIpc) is 3.37. The van der Waals surface area contributed by atoms with Gasteiger partial charge >= 0.3 is 5.97 Å². The second-order valence-electron chi connectivity index (χ2n) is 8.74. The highest BCUT2D eigenvalue weighted by atomic mass is 35.5. The number of rotatable bonds is 8. The first-order valence-corrected chi connectivity index (χ1v) is 11.7. The minimum atomic E-state index is -1.25. The van der Waals surface area contributed by atoms with Crippen LogP contribution in [0.5, 0.6) is 17.2 Å². The molecule has 1 saturated heterocycles. The number of carbonyl (C=O) groups is 2. The second kappa shape index (κ2) is 10.0. The van der Waals surface area contributed by atoms with E-state index >= 15 is 0 Å². The monoisotopic (exact) mass is 472 g/mol. The Morgan fingerprint density at radius 2 is 1.70 bits per heavy atom. The zero-order valence-corrected chi connectivity index (χ0v) is 19.7. The lowest BCUT2D eigenvalue weighted by Crippen LogP contribution is -2.55. The van der Waals surface area contributed by atoms with Crippen LogP contribution in [0.1, 0.15) is 44.1 Å². The predicted octanol–water partition coefficient (Wildman–Crippen LogP) is 5.18. The molecule has 4 rings (SSSR count). The first kappa shape index (κ1) is 23.4. The van der Waals surface area contributed by atoms with Gasteiger partial charge in [-0.1, -0.05) is 30.5 Å². The minimum absolute atomic E-state index is 0.153. The highest BCUT2D eigenvalue weighted by molar-refractivity contribution is 6.30. The molecule has 1 saturated carbocycles. The van der Waals surface area contributed by atoms with Crippen LogP contribution in [0.15, 0.2) is 42.5 Å². The molecule has 7 heteroatoms. The van der Waals surface area contributed by atoms with E-state index in [9.17, 15) is 9.59 Å². The van der Waals surface area contributed by atoms with Gasteiger partial charge in [-0.15, -0.1) is 0 Å². The van der Waals surface area contributed by atoms with Gasteiger partial charge in [0, 0.05) is 11.1 Å². The lowest BCUT2D eigenvalue weighted by atomic mass is 9.75. The van der Waals surface area contributed by atoms with Crippen LogP contribution in [0.25, 0.3) is 0 Å². The fourth-order valence-electron chi connectivity index (χ4n) is 5.00. The van der Waals surface area contributed by atoms with E-state index < -0.39 is 17.7 Å². The lowest BCUT2D eigenvalue weighted by molar-refractivity contribution is -0.189. The molecule has 0 bridgehead atoms. The molecule has 6 nitrogen and oxygen atoms in total. The van der Waals surface area contributed by atoms with E-state index in [1.54, 1.807) is 38.5 Å². The van der Waals surface area contributed by atoms with Gasteiger partial charge in [0.2, 0.25) is 0 Å². The molecule has 1 heterocycles. The number of Topliss-reactive ketones (excluding diaryl/α,β-unsaturated/α-hetero) is 1. The topological polar surface area (TPSA) is 71.1 Å². The van der Waals surface area contributed by atoms with Gasteiger partial charge in [-0.05, 0) is 67.5 Å². The van der Waals surface area contributed by atoms with Crippen LogP contribution in [0.3, 0.4) is 0 Å². The quantitative estimate of drug-likeness (QED) is 0.389. The Kier molecular flexibility index (Phi) is 7.13. The highest BCUT2D eigenvalue weighted by Gasteiger charge is 2.52. The smallest absolute Gasteiger partial charge is 0.355 e. The molecular formula is C26H29ClO6. The van der Waals surface area contributed by atoms with Crippen LogP contribution in [0.4, 0.5) is 0 Å². The highest BCUT2D eigenvalue weighted by Crippen LogP contribution is 2.45. The molecule has 0 aromatic heterocycles. The van der Waals surface area contributed by atoms with Crippen molar-refractivity contribution < 1.29 is 28.5 Å². The summed E-state index contributed by atoms with van der Waals surface area (Å²) in [6.07, 6.45) is 4.12. The van der Waals surface area contributed by atoms with E-state index in [0.29, 0.717) is 35.1 Å². The maximum atomic E-state index is 13.2. The third-order valence-corrected chi connectivity index (χ3v) is 7.01. The Morgan fingerprint density at radius 3 is 2.33 bits per heavy atom. The molecule has 2 atom stereocenters. The molecule has 0 N–H and O–H groups in total. The number of hydrogen-bond acceptors (Lipinski definition) is 6. The summed E-state index contributed by atoms with van der Waals surface area (Å²) in [7, 11) is 3.23. The minimum Gasteiger partial charge on any atom is -0.497 e. The fraction of sp³-hybridized carbons (Fsp3) is 0.462. The molecule has 2 aromatic rings. The Morgan fingerprint density at radius 1 is 1.00 bits per heavy atom. The third kappa shape index (κ3) is 5.11. The van der Waals surface area contributed by atoms with Gasteiger partial charge in [0.05, 0.1) is 20.6 Å². The molecular weight excluding hydrogens is 444 g/mol. The molecule has 1 aliphatic heterocycles. The van der Waals surface area contributed by atoms with Crippen molar-refractivity contribution in [2.75, 3.05) is 14.2 Å². The van der Waals surface area contributed by atoms with Crippen LogP contribution in [0, 0.1) is 5.92 Å². The number of methoxy groups -OCH3 is 2. The predicted molar refractivity (Wildman–Crippen MR) is 124 cm³/mol. The molecule has 2 aromatic carbocycles. The van der Waals surface area contributed by atoms with Gasteiger partial charge in [0.1, 0.15) is 22.8 Å². The Bertz CT molecular complexity index is 978. The van der Waals surface area contributed by atoms with Gasteiger partial charge in [-0.3, -0.25) is 4.79 Å². The van der Waals surface area contributed by atoms with Gasteiger partial charge in [0.15, 0.2) is 5.78 Å². The third-order valence-electron chi connectivity index (χ3n) is 6.76. The van der Waals surface area contributed by atoms with Crippen molar-refractivity contribution in [1.29, 1.82) is 0 Å². The summed E-state index contributed by atoms with van der Waals surface area (Å²) in [5, 5.41) is 0.550. The van der Waals surface area contributed by atoms with Crippen molar-refractivity contribution in [2.24, 2.45) is 5.92 Å². The van der Waals surface area contributed by atoms with Crippen molar-refractivity contribution in [2.45, 2.75) is 56.7 Å². The van der Waals surface area contributed by atoms with Crippen molar-refractivity contribution in [1.82, 2.24) is 0 Å². The van der Waals surface area contributed by atoms with Crippen LogP contribution < -0.4 is 14.2 Å². The summed E-state index contributed by atoms with van der Waals surface area (Å²) < 4.78 is 22.6. The fourth-order valence-corrected chi connectivity index (χ4v) is 5.13. The zero-order valence-electron chi connectivity index (χ0n) is 19.0. The first-order chi connectivity index (χ1) is 15.9. The second-order valence-corrected chi connectivity index (χ2v) is 9.18. The maximum absolute atomic E-state index is 13.2. The van der Waals surface area contributed by atoms with Crippen LogP contribution in [-0.2, 0) is 20.7 Å². The van der Waals surface area contributed by atoms with Gasteiger partial charge in [0.25, 0.3) is 6.10 Å². The average molecular weight is 473 g/mol. The number of benzene rings is 2. The Hall–Kier alpha value is -2.73. The normalized spacial score (nSPS) is 23.3. The maximum Gasteiger partial charge on any atom is 0.355 e. The number of cyclic esters (lactones) is 1. The van der Waals surface area contributed by atoms with E-state index in [2.05, 4.69) is 0 Å². The van der Waals surface area contributed by atoms with E-state index in [4.69, 9.17) is 30.5 Å². The summed E-state index contributed by atoms with van der Waals surface area (Å²) in [4.78, 5) is 26.2. The van der Waals surface area contributed by atoms with E-state index in [1.165, 1.54) is 0 Å². The summed E-state index contributed by atoms with van der Waals surface area (Å²) in [6, 6.07) is 12.3. The van der Waals surface area contributed by atoms with Gasteiger partial charge in [-0.2, -0.15) is 0 Å². The summed E-state index contributed by atoms with van der Waals surface area (Å²) >= 11 is 5.92. The van der Waals surface area contributed by atoms with E-state index in [-0.39, 0.29) is 18.1 Å². The molecule has 33 heavy (non-hydrogen) atoms. The first-order valence-electron chi connectivity index (χ1n) is 11.3. The largest absolute Gasteiger partial charge is 0.497 e. The van der Waals surface area contributed by atoms with E-state index in [0.717, 1.165) is 31.2 Å². The molecule has 0 amide bonds. The zero-order chi connectivity index (χ0) is 23.4. The van der Waals surface area contributed by atoms with Gasteiger partial charge < -0.3 is 18.9 Å². The van der Waals surface area contributed by atoms with Crippen molar-refractivity contribution in [3.05, 3.63) is 53.1 Å². The Labute approximate surface area is 199 Å². The van der Waals surface area contributed by atoms with Crippen LogP contribution >= 0.6 is 11.6 Å². The lowest BCUT2D eigenvalue weighted by Gasteiger charge is -2.42. The summed E-state index contributed by atoms with van der Waals surface area (Å²) in [6.45, 7) is 0. The van der Waals surface area contributed by atoms with E-state index in [1.807, 2.05) is 18.2 Å². The Balaban J connectivity index is 1.53. The van der Waals surface area contributed by atoms with Crippen molar-refractivity contribution >= 4 is 23.4 Å². The number of hydrogen-bond donors (Lipinski definition) is 0. The molecule has 2 aliphatic rings. The van der Waals surface area contributed by atoms with Crippen molar-refractivity contribution in [3.63, 3.8) is 0 Å². The molecule has 2 fully saturated rings. The molecule has 0 spiro atoms. The number of aryl methyl sites for hydroxylation is 1. The number of esters is 1.